The van der Waals surface area contributed by atoms with Gasteiger partial charge in [-0.1, -0.05) is 49.0 Å². The molecule has 0 saturated carbocycles. The summed E-state index contributed by atoms with van der Waals surface area (Å²) in [4.78, 5) is 23.5. The first-order chi connectivity index (χ1) is 18.7. The van der Waals surface area contributed by atoms with Gasteiger partial charge in [-0.25, -0.2) is 0 Å². The Hall–Kier alpha value is -2.54. The van der Waals surface area contributed by atoms with Crippen LogP contribution in [0.4, 0.5) is 0 Å². The van der Waals surface area contributed by atoms with Crippen LogP contribution >= 0.6 is 0 Å². The van der Waals surface area contributed by atoms with Crippen LogP contribution in [0.15, 0.2) is 24.3 Å². The van der Waals surface area contributed by atoms with Crippen LogP contribution in [0.5, 0.6) is 0 Å². The van der Waals surface area contributed by atoms with Crippen LogP contribution in [-0.4, -0.2) is 51.6 Å². The maximum absolute atomic E-state index is 11.7. The van der Waals surface area contributed by atoms with E-state index < -0.39 is 0 Å². The minimum absolute atomic E-state index is 0.110. The van der Waals surface area contributed by atoms with Crippen molar-refractivity contribution in [1.29, 1.82) is 0 Å². The van der Waals surface area contributed by atoms with Gasteiger partial charge in [0.1, 0.15) is 13.2 Å². The van der Waals surface area contributed by atoms with Crippen molar-refractivity contribution in [1.82, 2.24) is 0 Å². The Morgan fingerprint density at radius 3 is 1.26 bits per heavy atom. The molecule has 0 spiro atoms. The SMILES string of the molecule is C#CCOCCCCCCOC(=O)CCC/C=C\CC/C=C\CCCC(=O)OCCCCCCOCC#C. The lowest BCUT2D eigenvalue weighted by Gasteiger charge is -2.04. The van der Waals surface area contributed by atoms with E-state index in [1.54, 1.807) is 0 Å². The Kier molecular flexibility index (Phi) is 28.6. The number of hydrogen-bond donors (Lipinski definition) is 0. The van der Waals surface area contributed by atoms with Gasteiger partial charge in [0.2, 0.25) is 0 Å². The van der Waals surface area contributed by atoms with E-state index in [0.717, 1.165) is 89.9 Å². The lowest BCUT2D eigenvalue weighted by atomic mass is 10.2. The van der Waals surface area contributed by atoms with E-state index in [2.05, 4.69) is 36.1 Å². The first-order valence-electron chi connectivity index (χ1n) is 14.3. The molecule has 0 aliphatic heterocycles. The lowest BCUT2D eigenvalue weighted by molar-refractivity contribution is -0.144. The van der Waals surface area contributed by atoms with Gasteiger partial charge in [0.15, 0.2) is 0 Å². The molecule has 0 saturated heterocycles. The summed E-state index contributed by atoms with van der Waals surface area (Å²) in [6.45, 7) is 3.14. The van der Waals surface area contributed by atoms with Gasteiger partial charge in [0, 0.05) is 26.1 Å². The monoisotopic (exact) mass is 530 g/mol. The predicted octanol–water partition coefficient (Wildman–Crippen LogP) is 6.73. The van der Waals surface area contributed by atoms with Gasteiger partial charge in [-0.05, 0) is 77.0 Å². The van der Waals surface area contributed by atoms with Crippen LogP contribution in [0, 0.1) is 24.7 Å². The zero-order chi connectivity index (χ0) is 27.8. The van der Waals surface area contributed by atoms with Gasteiger partial charge >= 0.3 is 11.9 Å². The molecule has 6 heteroatoms. The average Bonchev–Trinajstić information content (AvgIpc) is 2.91. The zero-order valence-corrected chi connectivity index (χ0v) is 23.5. The van der Waals surface area contributed by atoms with Crippen LogP contribution in [0.1, 0.15) is 103 Å². The number of allylic oxidation sites excluding steroid dienone is 4. The van der Waals surface area contributed by atoms with Crippen molar-refractivity contribution >= 4 is 11.9 Å². The van der Waals surface area contributed by atoms with Crippen LogP contribution in [0.25, 0.3) is 0 Å². The molecule has 0 atom stereocenters. The number of terminal acetylenes is 2. The van der Waals surface area contributed by atoms with Gasteiger partial charge < -0.3 is 18.9 Å². The summed E-state index contributed by atoms with van der Waals surface area (Å²) in [5, 5.41) is 0. The molecular formula is C32H50O6. The van der Waals surface area contributed by atoms with Crippen LogP contribution in [-0.2, 0) is 28.5 Å². The number of esters is 2. The smallest absolute Gasteiger partial charge is 0.305 e. The summed E-state index contributed by atoms with van der Waals surface area (Å²) in [7, 11) is 0. The number of rotatable bonds is 27. The summed E-state index contributed by atoms with van der Waals surface area (Å²) < 4.78 is 21.0. The average molecular weight is 531 g/mol. The maximum Gasteiger partial charge on any atom is 0.305 e. The summed E-state index contributed by atoms with van der Waals surface area (Å²) in [6.07, 6.45) is 33.1. The molecule has 0 N–H and O–H groups in total. The Balaban J connectivity index is 3.39. The molecule has 38 heavy (non-hydrogen) atoms. The fraction of sp³-hybridized carbons (Fsp3) is 0.688. The molecule has 0 unspecified atom stereocenters. The highest BCUT2D eigenvalue weighted by Gasteiger charge is 2.02. The second-order valence-corrected chi connectivity index (χ2v) is 9.09. The minimum Gasteiger partial charge on any atom is -0.466 e. The Bertz CT molecular complexity index is 638. The second-order valence-electron chi connectivity index (χ2n) is 9.09. The van der Waals surface area contributed by atoms with Gasteiger partial charge in [-0.15, -0.1) is 12.8 Å². The zero-order valence-electron chi connectivity index (χ0n) is 23.5. The van der Waals surface area contributed by atoms with E-state index in [-0.39, 0.29) is 11.9 Å². The van der Waals surface area contributed by atoms with E-state index in [9.17, 15) is 9.59 Å². The predicted molar refractivity (Wildman–Crippen MR) is 153 cm³/mol. The highest BCUT2D eigenvalue weighted by atomic mass is 16.5. The highest BCUT2D eigenvalue weighted by Crippen LogP contribution is 2.06. The number of hydrogen-bond acceptors (Lipinski definition) is 6. The molecule has 0 aliphatic rings. The van der Waals surface area contributed by atoms with Crippen molar-refractivity contribution in [3.05, 3.63) is 24.3 Å². The largest absolute Gasteiger partial charge is 0.466 e. The maximum atomic E-state index is 11.7. The summed E-state index contributed by atoms with van der Waals surface area (Å²) in [5.74, 6) is 4.67. The first kappa shape index (κ1) is 35.5. The van der Waals surface area contributed by atoms with Crippen molar-refractivity contribution in [3.8, 4) is 24.7 Å². The Morgan fingerprint density at radius 2 is 0.868 bits per heavy atom. The molecule has 6 nitrogen and oxygen atoms in total. The fourth-order valence-electron chi connectivity index (χ4n) is 3.49. The number of unbranched alkanes of at least 4 members (excludes halogenated alkanes) is 9. The molecule has 0 bridgehead atoms. The van der Waals surface area contributed by atoms with Crippen molar-refractivity contribution in [3.63, 3.8) is 0 Å². The van der Waals surface area contributed by atoms with Crippen LogP contribution in [0.2, 0.25) is 0 Å². The number of ether oxygens (including phenoxy) is 4. The van der Waals surface area contributed by atoms with Crippen molar-refractivity contribution in [2.24, 2.45) is 0 Å². The van der Waals surface area contributed by atoms with E-state index in [1.165, 1.54) is 0 Å². The van der Waals surface area contributed by atoms with E-state index in [0.29, 0.717) is 52.5 Å². The summed E-state index contributed by atoms with van der Waals surface area (Å²) in [5.41, 5.74) is 0. The van der Waals surface area contributed by atoms with Crippen LogP contribution < -0.4 is 0 Å². The third kappa shape index (κ3) is 29.7. The number of carbonyl (C=O) groups excluding carboxylic acids is 2. The van der Waals surface area contributed by atoms with E-state index in [4.69, 9.17) is 31.8 Å². The van der Waals surface area contributed by atoms with Crippen LogP contribution in [0.3, 0.4) is 0 Å². The van der Waals surface area contributed by atoms with Gasteiger partial charge in [0.05, 0.1) is 13.2 Å². The number of carbonyl (C=O) groups is 2. The van der Waals surface area contributed by atoms with Gasteiger partial charge in [-0.2, -0.15) is 0 Å². The fourth-order valence-corrected chi connectivity index (χ4v) is 3.49. The molecule has 0 radical (unpaired) electrons. The van der Waals surface area contributed by atoms with Gasteiger partial charge in [-0.3, -0.25) is 9.59 Å². The molecule has 214 valence electrons. The molecule has 0 heterocycles. The topological polar surface area (TPSA) is 71.1 Å². The summed E-state index contributed by atoms with van der Waals surface area (Å²) >= 11 is 0. The van der Waals surface area contributed by atoms with Crippen molar-refractivity contribution in [2.75, 3.05) is 39.6 Å². The van der Waals surface area contributed by atoms with E-state index >= 15 is 0 Å². The molecule has 0 aromatic heterocycles. The van der Waals surface area contributed by atoms with E-state index in [1.807, 2.05) is 0 Å². The van der Waals surface area contributed by atoms with Gasteiger partial charge in [0.25, 0.3) is 0 Å². The first-order valence-corrected chi connectivity index (χ1v) is 14.3. The molecule has 0 aromatic carbocycles. The quantitative estimate of drug-likeness (QED) is 0.0508. The third-order valence-electron chi connectivity index (χ3n) is 5.60. The molecule has 0 rings (SSSR count). The lowest BCUT2D eigenvalue weighted by Crippen LogP contribution is -2.05. The molecule has 0 amide bonds. The Labute approximate surface area is 231 Å². The van der Waals surface area contributed by atoms with Crippen molar-refractivity contribution in [2.45, 2.75) is 103 Å². The third-order valence-corrected chi connectivity index (χ3v) is 5.60. The molecule has 0 aromatic rings. The Morgan fingerprint density at radius 1 is 0.500 bits per heavy atom. The highest BCUT2D eigenvalue weighted by molar-refractivity contribution is 5.69. The van der Waals surface area contributed by atoms with Crippen molar-refractivity contribution < 1.29 is 28.5 Å². The minimum atomic E-state index is -0.110. The standard InChI is InChI=1S/C32H50O6/c1-3-25-35-27-19-13-15-21-29-37-31(33)23-17-11-9-7-5-6-8-10-12-18-24-32(34)38-30-22-16-14-20-28-36-26-4-2/h1-2,7-10H,5-6,11-30H2/b9-7-,10-8-. The summed E-state index contributed by atoms with van der Waals surface area (Å²) in [6, 6.07) is 0. The molecule has 0 aliphatic carbocycles. The molecular weight excluding hydrogens is 480 g/mol. The molecule has 0 fully saturated rings. The second kappa shape index (κ2) is 30.7. The normalized spacial score (nSPS) is 11.0.